The van der Waals surface area contributed by atoms with Gasteiger partial charge in [-0.25, -0.2) is 4.98 Å². The highest BCUT2D eigenvalue weighted by molar-refractivity contribution is 7.13. The molecule has 1 fully saturated rings. The van der Waals surface area contributed by atoms with Crippen LogP contribution in [-0.2, 0) is 6.42 Å². The predicted octanol–water partition coefficient (Wildman–Crippen LogP) is 2.92. The molecule has 2 heterocycles. The summed E-state index contributed by atoms with van der Waals surface area (Å²) in [5.41, 5.74) is 1.22. The van der Waals surface area contributed by atoms with Crippen LogP contribution in [0, 0.1) is 5.92 Å². The lowest BCUT2D eigenvalue weighted by molar-refractivity contribution is 0.371. The highest BCUT2D eigenvalue weighted by atomic mass is 32.1. The summed E-state index contributed by atoms with van der Waals surface area (Å²) >= 11 is 1.79. The van der Waals surface area contributed by atoms with Crippen LogP contribution in [0.25, 0.3) is 0 Å². The number of rotatable bonds is 5. The third kappa shape index (κ3) is 3.45. The first kappa shape index (κ1) is 13.8. The van der Waals surface area contributed by atoms with Gasteiger partial charge in [-0.05, 0) is 52.1 Å². The van der Waals surface area contributed by atoms with Crippen molar-refractivity contribution in [3.8, 4) is 0 Å². The summed E-state index contributed by atoms with van der Waals surface area (Å²) in [7, 11) is 0. The van der Waals surface area contributed by atoms with E-state index in [2.05, 4.69) is 36.4 Å². The summed E-state index contributed by atoms with van der Waals surface area (Å²) in [5, 5.41) is 6.90. The van der Waals surface area contributed by atoms with Crippen molar-refractivity contribution in [3.05, 3.63) is 11.1 Å². The molecule has 0 amide bonds. The Hall–Kier alpha value is -0.610. The topological polar surface area (TPSA) is 28.2 Å². The number of aryl methyl sites for hydroxylation is 1. The van der Waals surface area contributed by atoms with Crippen molar-refractivity contribution in [1.29, 1.82) is 0 Å². The van der Waals surface area contributed by atoms with E-state index in [0.29, 0.717) is 6.04 Å². The molecule has 1 saturated heterocycles. The zero-order valence-corrected chi connectivity index (χ0v) is 12.6. The molecule has 18 heavy (non-hydrogen) atoms. The van der Waals surface area contributed by atoms with E-state index >= 15 is 0 Å². The molecule has 1 aromatic rings. The Labute approximate surface area is 115 Å². The fraction of sp³-hybridized carbons (Fsp3) is 0.786. The first-order valence-corrected chi connectivity index (χ1v) is 8.00. The highest BCUT2D eigenvalue weighted by Crippen LogP contribution is 2.25. The molecule has 2 rings (SSSR count). The van der Waals surface area contributed by atoms with Gasteiger partial charge in [0.2, 0.25) is 0 Å². The van der Waals surface area contributed by atoms with Crippen LogP contribution in [0.4, 0.5) is 5.13 Å². The van der Waals surface area contributed by atoms with Crippen molar-refractivity contribution < 1.29 is 0 Å². The van der Waals surface area contributed by atoms with E-state index in [1.165, 1.54) is 30.2 Å². The SMILES string of the molecule is CCc1csc(N(CC2CCCNC2)C(C)C)n1. The Kier molecular flexibility index (Phi) is 5.01. The van der Waals surface area contributed by atoms with E-state index in [0.717, 1.165) is 25.4 Å². The molecule has 1 unspecified atom stereocenters. The van der Waals surface area contributed by atoms with Gasteiger partial charge in [-0.2, -0.15) is 0 Å². The molecular formula is C14H25N3S. The molecular weight excluding hydrogens is 242 g/mol. The van der Waals surface area contributed by atoms with Crippen molar-refractivity contribution in [2.75, 3.05) is 24.5 Å². The maximum absolute atomic E-state index is 4.74. The van der Waals surface area contributed by atoms with Crippen molar-refractivity contribution in [2.24, 2.45) is 5.92 Å². The number of hydrogen-bond donors (Lipinski definition) is 1. The number of anilines is 1. The molecule has 0 aliphatic carbocycles. The fourth-order valence-corrected chi connectivity index (χ4v) is 3.51. The van der Waals surface area contributed by atoms with Crippen LogP contribution in [0.1, 0.15) is 39.3 Å². The van der Waals surface area contributed by atoms with Crippen LogP contribution in [0.5, 0.6) is 0 Å². The summed E-state index contributed by atoms with van der Waals surface area (Å²) in [6.07, 6.45) is 3.70. The van der Waals surface area contributed by atoms with Crippen LogP contribution in [0.2, 0.25) is 0 Å². The van der Waals surface area contributed by atoms with Gasteiger partial charge in [0.15, 0.2) is 5.13 Å². The second-order valence-electron chi connectivity index (χ2n) is 5.43. The Morgan fingerprint density at radius 1 is 1.56 bits per heavy atom. The molecule has 1 N–H and O–H groups in total. The first-order chi connectivity index (χ1) is 8.70. The number of hydrogen-bond acceptors (Lipinski definition) is 4. The molecule has 0 spiro atoms. The maximum atomic E-state index is 4.74. The minimum Gasteiger partial charge on any atom is -0.345 e. The summed E-state index contributed by atoms with van der Waals surface area (Å²) in [6.45, 7) is 10.2. The average Bonchev–Trinajstić information content (AvgIpc) is 2.85. The van der Waals surface area contributed by atoms with Gasteiger partial charge in [0, 0.05) is 18.0 Å². The minimum atomic E-state index is 0.530. The second-order valence-corrected chi connectivity index (χ2v) is 6.27. The van der Waals surface area contributed by atoms with Gasteiger partial charge in [-0.1, -0.05) is 6.92 Å². The summed E-state index contributed by atoms with van der Waals surface area (Å²) < 4.78 is 0. The smallest absolute Gasteiger partial charge is 0.185 e. The lowest BCUT2D eigenvalue weighted by Gasteiger charge is -2.32. The van der Waals surface area contributed by atoms with Gasteiger partial charge in [0.25, 0.3) is 0 Å². The zero-order chi connectivity index (χ0) is 13.0. The fourth-order valence-electron chi connectivity index (χ4n) is 2.46. The average molecular weight is 267 g/mol. The molecule has 0 radical (unpaired) electrons. The quantitative estimate of drug-likeness (QED) is 0.889. The van der Waals surface area contributed by atoms with Crippen molar-refractivity contribution >= 4 is 16.5 Å². The standard InChI is InChI=1S/C14H25N3S/c1-4-13-10-18-14(16-13)17(11(2)3)9-12-6-5-7-15-8-12/h10-12,15H,4-9H2,1-3H3. The molecule has 0 saturated carbocycles. The minimum absolute atomic E-state index is 0.530. The van der Waals surface area contributed by atoms with E-state index in [9.17, 15) is 0 Å². The summed E-state index contributed by atoms with van der Waals surface area (Å²) in [5.74, 6) is 0.773. The van der Waals surface area contributed by atoms with E-state index in [1.807, 2.05) is 0 Å². The highest BCUT2D eigenvalue weighted by Gasteiger charge is 2.21. The zero-order valence-electron chi connectivity index (χ0n) is 11.8. The van der Waals surface area contributed by atoms with E-state index in [-0.39, 0.29) is 0 Å². The van der Waals surface area contributed by atoms with Crippen LogP contribution in [0.3, 0.4) is 0 Å². The molecule has 1 aromatic heterocycles. The van der Waals surface area contributed by atoms with Crippen LogP contribution in [0.15, 0.2) is 5.38 Å². The Morgan fingerprint density at radius 3 is 2.94 bits per heavy atom. The van der Waals surface area contributed by atoms with Gasteiger partial charge >= 0.3 is 0 Å². The van der Waals surface area contributed by atoms with E-state index < -0.39 is 0 Å². The molecule has 4 heteroatoms. The van der Waals surface area contributed by atoms with Gasteiger partial charge in [-0.15, -0.1) is 11.3 Å². The van der Waals surface area contributed by atoms with Crippen molar-refractivity contribution in [1.82, 2.24) is 10.3 Å². The largest absolute Gasteiger partial charge is 0.345 e. The van der Waals surface area contributed by atoms with Crippen LogP contribution >= 0.6 is 11.3 Å². The maximum Gasteiger partial charge on any atom is 0.185 e. The molecule has 1 atom stereocenters. The van der Waals surface area contributed by atoms with Gasteiger partial charge < -0.3 is 10.2 Å². The van der Waals surface area contributed by atoms with Gasteiger partial charge in [-0.3, -0.25) is 0 Å². The summed E-state index contributed by atoms with van der Waals surface area (Å²) in [6, 6.07) is 0.530. The molecule has 1 aliphatic rings. The summed E-state index contributed by atoms with van der Waals surface area (Å²) in [4.78, 5) is 7.21. The molecule has 3 nitrogen and oxygen atoms in total. The van der Waals surface area contributed by atoms with Gasteiger partial charge in [0.05, 0.1) is 5.69 Å². The molecule has 102 valence electrons. The Morgan fingerprint density at radius 2 is 2.39 bits per heavy atom. The lowest BCUT2D eigenvalue weighted by atomic mass is 9.99. The first-order valence-electron chi connectivity index (χ1n) is 7.12. The normalized spacial score (nSPS) is 20.3. The third-order valence-corrected chi connectivity index (χ3v) is 4.55. The number of nitrogens with one attached hydrogen (secondary N) is 1. The Bertz CT molecular complexity index is 356. The molecule has 0 aromatic carbocycles. The second kappa shape index (κ2) is 6.53. The third-order valence-electron chi connectivity index (χ3n) is 3.62. The van der Waals surface area contributed by atoms with E-state index in [1.54, 1.807) is 11.3 Å². The van der Waals surface area contributed by atoms with Crippen molar-refractivity contribution in [2.45, 2.75) is 46.1 Å². The van der Waals surface area contributed by atoms with E-state index in [4.69, 9.17) is 4.98 Å². The Balaban J connectivity index is 2.02. The van der Waals surface area contributed by atoms with Crippen LogP contribution in [-0.4, -0.2) is 30.7 Å². The van der Waals surface area contributed by atoms with Crippen LogP contribution < -0.4 is 10.2 Å². The lowest BCUT2D eigenvalue weighted by Crippen LogP contribution is -2.41. The number of piperidine rings is 1. The van der Waals surface area contributed by atoms with Crippen molar-refractivity contribution in [3.63, 3.8) is 0 Å². The molecule has 1 aliphatic heterocycles. The molecule has 0 bridgehead atoms. The van der Waals surface area contributed by atoms with Gasteiger partial charge in [0.1, 0.15) is 0 Å². The number of nitrogens with zero attached hydrogens (tertiary/aromatic N) is 2. The predicted molar refractivity (Wildman–Crippen MR) is 79.6 cm³/mol. The number of aromatic nitrogens is 1. The monoisotopic (exact) mass is 267 g/mol. The number of thiazole rings is 1.